The van der Waals surface area contributed by atoms with E-state index in [9.17, 15) is 19.2 Å². The molecule has 0 aliphatic carbocycles. The molecule has 0 fully saturated rings. The summed E-state index contributed by atoms with van der Waals surface area (Å²) < 4.78 is 5.10. The molecule has 0 aliphatic rings. The summed E-state index contributed by atoms with van der Waals surface area (Å²) in [6, 6.07) is 20.4. The van der Waals surface area contributed by atoms with Crippen molar-refractivity contribution in [3.8, 4) is 0 Å². The summed E-state index contributed by atoms with van der Waals surface area (Å²) in [6.45, 7) is 3.16. The van der Waals surface area contributed by atoms with Gasteiger partial charge in [0.1, 0.15) is 0 Å². The second kappa shape index (κ2) is 11.4. The van der Waals surface area contributed by atoms with Crippen LogP contribution in [0.2, 0.25) is 0 Å². The minimum atomic E-state index is -1.13. The molecule has 0 saturated heterocycles. The smallest absolute Gasteiger partial charge is 0.333 e. The average molecular weight is 460 g/mol. The van der Waals surface area contributed by atoms with E-state index in [2.05, 4.69) is 16.0 Å². The van der Waals surface area contributed by atoms with E-state index in [4.69, 9.17) is 4.74 Å². The maximum atomic E-state index is 12.7. The molecule has 3 aromatic carbocycles. The molecule has 1 unspecified atom stereocenters. The minimum Gasteiger partial charge on any atom is -0.454 e. The summed E-state index contributed by atoms with van der Waals surface area (Å²) in [4.78, 5) is 49.5. The molecule has 34 heavy (non-hydrogen) atoms. The molecule has 0 aliphatic heterocycles. The average Bonchev–Trinajstić information content (AvgIpc) is 2.84. The van der Waals surface area contributed by atoms with Gasteiger partial charge in [-0.1, -0.05) is 54.6 Å². The number of amides is 4. The fourth-order valence-electron chi connectivity index (χ4n) is 3.09. The largest absolute Gasteiger partial charge is 0.454 e. The maximum absolute atomic E-state index is 12.7. The number of imide groups is 1. The Hall–Kier alpha value is -4.46. The lowest BCUT2D eigenvalue weighted by atomic mass is 10.1. The van der Waals surface area contributed by atoms with Crippen LogP contribution in [0.5, 0.6) is 0 Å². The van der Waals surface area contributed by atoms with Crippen LogP contribution in [0.25, 0.3) is 0 Å². The molecule has 1 atom stereocenters. The number of carbonyl (C=O) groups excluding carboxylic acids is 4. The van der Waals surface area contributed by atoms with E-state index >= 15 is 0 Å². The van der Waals surface area contributed by atoms with Crippen molar-refractivity contribution in [2.45, 2.75) is 19.9 Å². The molecule has 8 nitrogen and oxygen atoms in total. The van der Waals surface area contributed by atoms with Gasteiger partial charge in [0.05, 0.1) is 0 Å². The first kappa shape index (κ1) is 24.2. The fourth-order valence-corrected chi connectivity index (χ4v) is 3.09. The Bertz CT molecular complexity index is 1180. The van der Waals surface area contributed by atoms with Gasteiger partial charge >= 0.3 is 12.0 Å². The number of ether oxygens (including phenoxy) is 1. The van der Waals surface area contributed by atoms with Crippen LogP contribution in [0.15, 0.2) is 78.9 Å². The number of esters is 1. The van der Waals surface area contributed by atoms with E-state index < -0.39 is 36.5 Å². The zero-order valence-corrected chi connectivity index (χ0v) is 18.8. The molecule has 0 heterocycles. The topological polar surface area (TPSA) is 114 Å². The van der Waals surface area contributed by atoms with Crippen molar-refractivity contribution >= 4 is 29.5 Å². The van der Waals surface area contributed by atoms with Crippen molar-refractivity contribution in [1.29, 1.82) is 0 Å². The van der Waals surface area contributed by atoms with Crippen LogP contribution in [0, 0.1) is 13.8 Å². The van der Waals surface area contributed by atoms with Crippen molar-refractivity contribution in [2.75, 3.05) is 11.9 Å². The first-order valence-corrected chi connectivity index (χ1v) is 10.6. The van der Waals surface area contributed by atoms with Gasteiger partial charge in [0, 0.05) is 11.3 Å². The van der Waals surface area contributed by atoms with E-state index in [0.717, 1.165) is 11.1 Å². The summed E-state index contributed by atoms with van der Waals surface area (Å²) in [6.07, 6.45) is 0. The van der Waals surface area contributed by atoms with Crippen LogP contribution in [-0.2, 0) is 14.3 Å². The van der Waals surface area contributed by atoms with Gasteiger partial charge in [-0.15, -0.1) is 0 Å². The lowest BCUT2D eigenvalue weighted by Gasteiger charge is -2.18. The summed E-state index contributed by atoms with van der Waals surface area (Å²) in [5.74, 6) is -2.11. The molecule has 3 aromatic rings. The second-order valence-electron chi connectivity index (χ2n) is 7.59. The maximum Gasteiger partial charge on any atom is 0.333 e. The SMILES string of the molecule is Cc1ccc(NC(=O)NC(=O)COC(=O)C(NC(=O)c2ccccc2)c2ccccc2)cc1C. The molecule has 3 N–H and O–H groups in total. The molecule has 0 radical (unpaired) electrons. The van der Waals surface area contributed by atoms with Crippen molar-refractivity contribution in [3.63, 3.8) is 0 Å². The zero-order valence-electron chi connectivity index (χ0n) is 18.8. The minimum absolute atomic E-state index is 0.372. The first-order chi connectivity index (χ1) is 16.3. The van der Waals surface area contributed by atoms with Gasteiger partial charge in [-0.3, -0.25) is 14.9 Å². The van der Waals surface area contributed by atoms with Gasteiger partial charge in [-0.25, -0.2) is 9.59 Å². The summed E-state index contributed by atoms with van der Waals surface area (Å²) >= 11 is 0. The van der Waals surface area contributed by atoms with E-state index in [1.807, 2.05) is 19.9 Å². The Kier molecular flexibility index (Phi) is 8.12. The van der Waals surface area contributed by atoms with Crippen LogP contribution in [-0.4, -0.2) is 30.4 Å². The van der Waals surface area contributed by atoms with Crippen molar-refractivity contribution in [3.05, 3.63) is 101 Å². The Labute approximate surface area is 197 Å². The Balaban J connectivity index is 1.58. The predicted molar refractivity (Wildman–Crippen MR) is 127 cm³/mol. The lowest BCUT2D eigenvalue weighted by Crippen LogP contribution is -2.39. The molecule has 3 rings (SSSR count). The Morgan fingerprint density at radius 2 is 1.47 bits per heavy atom. The molecule has 0 saturated carbocycles. The Morgan fingerprint density at radius 3 is 2.12 bits per heavy atom. The normalized spacial score (nSPS) is 11.1. The molecule has 4 amide bonds. The standard InChI is InChI=1S/C26H25N3O5/c1-17-13-14-21(15-18(17)2)27-26(33)28-22(30)16-34-25(32)23(19-9-5-3-6-10-19)29-24(31)20-11-7-4-8-12-20/h3-15,23H,16H2,1-2H3,(H,29,31)(H2,27,28,30,33). The van der Waals surface area contributed by atoms with Gasteiger partial charge in [0.25, 0.3) is 11.8 Å². The lowest BCUT2D eigenvalue weighted by molar-refractivity contribution is -0.150. The van der Waals surface area contributed by atoms with Gasteiger partial charge < -0.3 is 15.4 Å². The van der Waals surface area contributed by atoms with Crippen LogP contribution in [0.1, 0.15) is 33.1 Å². The highest BCUT2D eigenvalue weighted by atomic mass is 16.5. The monoisotopic (exact) mass is 459 g/mol. The second-order valence-corrected chi connectivity index (χ2v) is 7.59. The van der Waals surface area contributed by atoms with Crippen LogP contribution >= 0.6 is 0 Å². The zero-order chi connectivity index (χ0) is 24.5. The molecule has 0 bridgehead atoms. The van der Waals surface area contributed by atoms with Crippen LogP contribution in [0.3, 0.4) is 0 Å². The number of nitrogens with one attached hydrogen (secondary N) is 3. The molecule has 0 aromatic heterocycles. The quantitative estimate of drug-likeness (QED) is 0.467. The van der Waals surface area contributed by atoms with Crippen molar-refractivity contribution in [2.24, 2.45) is 0 Å². The number of hydrogen-bond donors (Lipinski definition) is 3. The van der Waals surface area contributed by atoms with E-state index in [-0.39, 0.29) is 0 Å². The number of urea groups is 1. The molecule has 8 heteroatoms. The summed E-state index contributed by atoms with van der Waals surface area (Å²) in [5.41, 5.74) is 3.45. The number of rotatable bonds is 7. The highest BCUT2D eigenvalue weighted by Crippen LogP contribution is 2.16. The highest BCUT2D eigenvalue weighted by molar-refractivity contribution is 6.02. The number of hydrogen-bond acceptors (Lipinski definition) is 5. The van der Waals surface area contributed by atoms with Gasteiger partial charge in [-0.2, -0.15) is 0 Å². The number of carbonyl (C=O) groups is 4. The predicted octanol–water partition coefficient (Wildman–Crippen LogP) is 3.67. The fraction of sp³-hybridized carbons (Fsp3) is 0.154. The molecule has 174 valence electrons. The van der Waals surface area contributed by atoms with Gasteiger partial charge in [0.15, 0.2) is 12.6 Å². The molecular weight excluding hydrogens is 434 g/mol. The summed E-state index contributed by atoms with van der Waals surface area (Å²) in [7, 11) is 0. The third-order valence-corrected chi connectivity index (χ3v) is 5.04. The third-order valence-electron chi connectivity index (χ3n) is 5.04. The Morgan fingerprint density at radius 1 is 0.824 bits per heavy atom. The van der Waals surface area contributed by atoms with E-state index in [1.54, 1.807) is 72.8 Å². The third kappa shape index (κ3) is 6.77. The van der Waals surface area contributed by atoms with Gasteiger partial charge in [0.2, 0.25) is 0 Å². The molecular formula is C26H25N3O5. The van der Waals surface area contributed by atoms with Crippen LogP contribution in [0.4, 0.5) is 10.5 Å². The number of benzene rings is 3. The number of aryl methyl sites for hydroxylation is 2. The summed E-state index contributed by atoms with van der Waals surface area (Å²) in [5, 5.41) is 7.29. The van der Waals surface area contributed by atoms with Crippen molar-refractivity contribution < 1.29 is 23.9 Å². The highest BCUT2D eigenvalue weighted by Gasteiger charge is 2.25. The number of anilines is 1. The van der Waals surface area contributed by atoms with E-state index in [0.29, 0.717) is 16.8 Å². The van der Waals surface area contributed by atoms with E-state index in [1.165, 1.54) is 0 Å². The molecule has 0 spiro atoms. The first-order valence-electron chi connectivity index (χ1n) is 10.6. The van der Waals surface area contributed by atoms with Gasteiger partial charge in [-0.05, 0) is 54.8 Å². The van der Waals surface area contributed by atoms with Crippen LogP contribution < -0.4 is 16.0 Å². The van der Waals surface area contributed by atoms with Crippen molar-refractivity contribution in [1.82, 2.24) is 10.6 Å².